The van der Waals surface area contributed by atoms with Crippen LogP contribution in [0.4, 0.5) is 17.6 Å². The number of aromatic nitrogens is 1. The van der Waals surface area contributed by atoms with Crippen LogP contribution in [-0.2, 0) is 12.7 Å². The summed E-state index contributed by atoms with van der Waals surface area (Å²) in [4.78, 5) is 23.5. The quantitative estimate of drug-likeness (QED) is 0.646. The van der Waals surface area contributed by atoms with E-state index in [2.05, 4.69) is 0 Å². The number of pyridine rings is 1. The molecule has 0 atom stereocenters. The zero-order valence-corrected chi connectivity index (χ0v) is 10.5. The topological polar surface area (TPSA) is 39.1 Å². The molecule has 0 bridgehead atoms. The smallest absolute Gasteiger partial charge is 0.297 e. The van der Waals surface area contributed by atoms with Gasteiger partial charge in [-0.2, -0.15) is 13.2 Å². The van der Waals surface area contributed by atoms with Crippen LogP contribution in [0.5, 0.6) is 0 Å². The zero-order chi connectivity index (χ0) is 15.6. The summed E-state index contributed by atoms with van der Waals surface area (Å²) in [5.41, 5.74) is -2.59. The van der Waals surface area contributed by atoms with Crippen LogP contribution in [0.2, 0.25) is 0 Å². The lowest BCUT2D eigenvalue weighted by molar-refractivity contribution is -0.144. The summed E-state index contributed by atoms with van der Waals surface area (Å²) >= 11 is 0. The van der Waals surface area contributed by atoms with Gasteiger partial charge in [-0.25, -0.2) is 4.39 Å². The molecule has 7 heteroatoms. The number of Topliss-reactive ketones (excluding diaryl/α,β-unsaturated/α-hetero) is 1. The Kier molecular flexibility index (Phi) is 3.93. The second kappa shape index (κ2) is 5.51. The van der Waals surface area contributed by atoms with E-state index in [4.69, 9.17) is 0 Å². The summed E-state index contributed by atoms with van der Waals surface area (Å²) in [6.07, 6.45) is -4.78. The minimum atomic E-state index is -4.78. The Bertz CT molecular complexity index is 734. The van der Waals surface area contributed by atoms with Crippen LogP contribution in [0.15, 0.2) is 47.3 Å². The van der Waals surface area contributed by atoms with Gasteiger partial charge in [0, 0.05) is 6.07 Å². The summed E-state index contributed by atoms with van der Waals surface area (Å²) in [7, 11) is 0. The highest BCUT2D eigenvalue weighted by Gasteiger charge is 2.34. The Morgan fingerprint density at radius 1 is 1.05 bits per heavy atom. The van der Waals surface area contributed by atoms with Gasteiger partial charge in [-0.15, -0.1) is 0 Å². The molecular formula is C14H9F4NO2. The van der Waals surface area contributed by atoms with Crippen molar-refractivity contribution in [3.8, 4) is 0 Å². The second-order valence-electron chi connectivity index (χ2n) is 4.24. The van der Waals surface area contributed by atoms with E-state index < -0.39 is 35.6 Å². The van der Waals surface area contributed by atoms with Crippen molar-refractivity contribution >= 4 is 5.78 Å². The largest absolute Gasteiger partial charge is 0.431 e. The van der Waals surface area contributed by atoms with E-state index >= 15 is 0 Å². The van der Waals surface area contributed by atoms with Crippen LogP contribution < -0.4 is 5.56 Å². The normalized spacial score (nSPS) is 11.4. The average Bonchev–Trinajstić information content (AvgIpc) is 2.40. The fourth-order valence-corrected chi connectivity index (χ4v) is 1.85. The van der Waals surface area contributed by atoms with Crippen LogP contribution in [0, 0.1) is 5.82 Å². The fourth-order valence-electron chi connectivity index (χ4n) is 1.85. The van der Waals surface area contributed by atoms with E-state index in [1.807, 2.05) is 0 Å². The van der Waals surface area contributed by atoms with Crippen molar-refractivity contribution in [1.82, 2.24) is 4.57 Å². The Hall–Kier alpha value is -2.44. The monoisotopic (exact) mass is 299 g/mol. The summed E-state index contributed by atoms with van der Waals surface area (Å²) < 4.78 is 52.2. The summed E-state index contributed by atoms with van der Waals surface area (Å²) in [5, 5.41) is 0. The molecule has 110 valence electrons. The third kappa shape index (κ3) is 3.18. The number of benzene rings is 1. The summed E-state index contributed by atoms with van der Waals surface area (Å²) in [6, 6.07) is 7.45. The lowest BCUT2D eigenvalue weighted by Gasteiger charge is -2.14. The van der Waals surface area contributed by atoms with Crippen molar-refractivity contribution < 1.29 is 22.4 Å². The molecule has 21 heavy (non-hydrogen) atoms. The highest BCUT2D eigenvalue weighted by molar-refractivity contribution is 5.96. The van der Waals surface area contributed by atoms with Crippen LogP contribution in [0.1, 0.15) is 16.1 Å². The maximum atomic E-state index is 13.4. The van der Waals surface area contributed by atoms with Crippen molar-refractivity contribution in [3.05, 3.63) is 69.9 Å². The first-order chi connectivity index (χ1) is 9.80. The van der Waals surface area contributed by atoms with Crippen molar-refractivity contribution in [1.29, 1.82) is 0 Å². The number of ketones is 1. The molecule has 0 aliphatic carbocycles. The van der Waals surface area contributed by atoms with Crippen LogP contribution in [0.3, 0.4) is 0 Å². The second-order valence-corrected chi connectivity index (χ2v) is 4.24. The molecule has 0 fully saturated rings. The molecule has 0 amide bonds. The van der Waals surface area contributed by atoms with Gasteiger partial charge in [-0.1, -0.05) is 18.2 Å². The van der Waals surface area contributed by atoms with Crippen molar-refractivity contribution in [3.63, 3.8) is 0 Å². The molecule has 1 aromatic heterocycles. The molecule has 0 N–H and O–H groups in total. The predicted molar refractivity (Wildman–Crippen MR) is 66.4 cm³/mol. The lowest BCUT2D eigenvalue weighted by atomic mass is 10.1. The number of alkyl halides is 3. The van der Waals surface area contributed by atoms with E-state index in [1.165, 1.54) is 12.1 Å². The van der Waals surface area contributed by atoms with Gasteiger partial charge in [0.05, 0.1) is 12.1 Å². The molecule has 0 aliphatic heterocycles. The predicted octanol–water partition coefficient (Wildman–Crippen LogP) is 2.89. The third-order valence-electron chi connectivity index (χ3n) is 2.82. The van der Waals surface area contributed by atoms with Crippen molar-refractivity contribution in [2.45, 2.75) is 12.7 Å². The number of nitrogens with zero attached hydrogens (tertiary/aromatic N) is 1. The number of carbonyl (C=O) groups excluding carboxylic acids is 1. The number of hydrogen-bond donors (Lipinski definition) is 0. The first-order valence-corrected chi connectivity index (χ1v) is 5.85. The highest BCUT2D eigenvalue weighted by Crippen LogP contribution is 2.28. The zero-order valence-electron chi connectivity index (χ0n) is 10.5. The lowest BCUT2D eigenvalue weighted by Crippen LogP contribution is -2.30. The van der Waals surface area contributed by atoms with Crippen molar-refractivity contribution in [2.24, 2.45) is 0 Å². The molecule has 0 aliphatic rings. The molecule has 2 aromatic rings. The minimum absolute atomic E-state index is 0.286. The fraction of sp³-hybridized carbons (Fsp3) is 0.143. The van der Waals surface area contributed by atoms with Crippen molar-refractivity contribution in [2.75, 3.05) is 0 Å². The van der Waals surface area contributed by atoms with E-state index in [0.717, 1.165) is 24.3 Å². The maximum Gasteiger partial charge on any atom is 0.431 e. The molecular weight excluding hydrogens is 290 g/mol. The van der Waals surface area contributed by atoms with E-state index in [1.54, 1.807) is 0 Å². The highest BCUT2D eigenvalue weighted by atomic mass is 19.4. The molecule has 0 unspecified atom stereocenters. The van der Waals surface area contributed by atoms with Gasteiger partial charge >= 0.3 is 6.18 Å². The Labute approximate surface area is 116 Å². The molecule has 0 spiro atoms. The average molecular weight is 299 g/mol. The molecule has 0 saturated heterocycles. The molecule has 1 heterocycles. The Morgan fingerprint density at radius 3 is 2.33 bits per heavy atom. The first kappa shape index (κ1) is 15.0. The van der Waals surface area contributed by atoms with Crippen LogP contribution in [-0.4, -0.2) is 10.4 Å². The SMILES string of the molecule is O=C(Cn1c(C(F)(F)F)cccc1=O)c1ccccc1F. The summed E-state index contributed by atoms with van der Waals surface area (Å²) in [6.45, 7) is -0.880. The number of halogens is 4. The van der Waals surface area contributed by atoms with E-state index in [9.17, 15) is 27.2 Å². The van der Waals surface area contributed by atoms with E-state index in [-0.39, 0.29) is 10.1 Å². The minimum Gasteiger partial charge on any atom is -0.297 e. The summed E-state index contributed by atoms with van der Waals surface area (Å²) in [5.74, 6) is -1.76. The van der Waals surface area contributed by atoms with Gasteiger partial charge in [0.25, 0.3) is 5.56 Å². The molecule has 2 rings (SSSR count). The maximum absolute atomic E-state index is 13.4. The molecule has 1 aromatic carbocycles. The standard InChI is InChI=1S/C14H9F4NO2/c15-10-5-2-1-4-9(10)11(20)8-19-12(14(16,17)18)6-3-7-13(19)21/h1-7H,8H2. The van der Waals surface area contributed by atoms with Gasteiger partial charge in [0.15, 0.2) is 5.78 Å². The van der Waals surface area contributed by atoms with Gasteiger partial charge in [-0.3, -0.25) is 14.2 Å². The Morgan fingerprint density at radius 2 is 1.71 bits per heavy atom. The van der Waals surface area contributed by atoms with Gasteiger partial charge in [0.1, 0.15) is 11.5 Å². The van der Waals surface area contributed by atoms with Crippen LogP contribution in [0.25, 0.3) is 0 Å². The number of hydrogen-bond acceptors (Lipinski definition) is 2. The van der Waals surface area contributed by atoms with Gasteiger partial charge in [-0.05, 0) is 18.2 Å². The van der Waals surface area contributed by atoms with E-state index in [0.29, 0.717) is 6.07 Å². The van der Waals surface area contributed by atoms with Gasteiger partial charge < -0.3 is 0 Å². The molecule has 0 radical (unpaired) electrons. The first-order valence-electron chi connectivity index (χ1n) is 5.85. The number of rotatable bonds is 3. The molecule has 0 saturated carbocycles. The Balaban J connectivity index is 2.43. The molecule has 3 nitrogen and oxygen atoms in total. The third-order valence-corrected chi connectivity index (χ3v) is 2.82. The van der Waals surface area contributed by atoms with Gasteiger partial charge in [0.2, 0.25) is 0 Å². The van der Waals surface area contributed by atoms with Crippen LogP contribution >= 0.6 is 0 Å². The number of carbonyl (C=O) groups is 1.